The minimum absolute atomic E-state index is 0.0360. The van der Waals surface area contributed by atoms with Gasteiger partial charge in [-0.3, -0.25) is 4.79 Å². The van der Waals surface area contributed by atoms with E-state index in [1.165, 1.54) is 11.3 Å². The van der Waals surface area contributed by atoms with Gasteiger partial charge in [0.25, 0.3) is 0 Å². The molecule has 2 unspecified atom stereocenters. The second kappa shape index (κ2) is 5.35. The molecule has 102 valence electrons. The molecule has 1 aromatic heterocycles. The predicted molar refractivity (Wildman–Crippen MR) is 79.6 cm³/mol. The van der Waals surface area contributed by atoms with Gasteiger partial charge in [-0.25, -0.2) is 0 Å². The third-order valence-corrected chi connectivity index (χ3v) is 5.61. The van der Waals surface area contributed by atoms with E-state index in [-0.39, 0.29) is 16.7 Å². The number of nitrogens with zero attached hydrogens (tertiary/aromatic N) is 1. The second-order valence-corrected chi connectivity index (χ2v) is 6.55. The highest BCUT2D eigenvalue weighted by Crippen LogP contribution is 2.44. The van der Waals surface area contributed by atoms with Crippen molar-refractivity contribution in [2.75, 3.05) is 12.9 Å². The highest BCUT2D eigenvalue weighted by atomic mass is 32.2. The summed E-state index contributed by atoms with van der Waals surface area (Å²) in [6, 6.07) is 10.1. The minimum Gasteiger partial charge on any atom is -0.497 e. The normalized spacial score (nSPS) is 21.0. The molecule has 2 atom stereocenters. The summed E-state index contributed by atoms with van der Waals surface area (Å²) in [5, 5.41) is 10.3. The van der Waals surface area contributed by atoms with Crippen molar-refractivity contribution >= 4 is 23.1 Å². The van der Waals surface area contributed by atoms with Gasteiger partial charge in [-0.1, -0.05) is 23.5 Å². The standard InChI is InChI=1S/C14H12N2O2S2/c1-18-10-4-2-8(3-5-10)11-9(6-15)7-19-13-12(11)20-14(17)16-13/h2-5,9,11H,7H2,1H3,(H,16,17). The van der Waals surface area contributed by atoms with Crippen LogP contribution in [0.2, 0.25) is 0 Å². The number of fused-ring (bicyclic) bond motifs is 1. The van der Waals surface area contributed by atoms with Crippen LogP contribution in [0.1, 0.15) is 16.4 Å². The van der Waals surface area contributed by atoms with Gasteiger partial charge in [0, 0.05) is 16.5 Å². The Morgan fingerprint density at radius 1 is 1.40 bits per heavy atom. The molecule has 0 aliphatic carbocycles. The molecule has 4 nitrogen and oxygen atoms in total. The Labute approximate surface area is 124 Å². The summed E-state index contributed by atoms with van der Waals surface area (Å²) in [4.78, 5) is 15.4. The number of hydrogen-bond donors (Lipinski definition) is 1. The van der Waals surface area contributed by atoms with E-state index in [0.717, 1.165) is 21.2 Å². The van der Waals surface area contributed by atoms with Gasteiger partial charge in [0.05, 0.1) is 24.1 Å². The van der Waals surface area contributed by atoms with Gasteiger partial charge in [-0.05, 0) is 17.7 Å². The number of rotatable bonds is 2. The highest BCUT2D eigenvalue weighted by Gasteiger charge is 2.33. The van der Waals surface area contributed by atoms with Crippen molar-refractivity contribution in [3.63, 3.8) is 0 Å². The number of ether oxygens (including phenoxy) is 1. The average Bonchev–Trinajstić information content (AvgIpc) is 2.86. The summed E-state index contributed by atoms with van der Waals surface area (Å²) in [6.07, 6.45) is 0. The quantitative estimate of drug-likeness (QED) is 0.926. The van der Waals surface area contributed by atoms with E-state index in [4.69, 9.17) is 4.74 Å². The van der Waals surface area contributed by atoms with Crippen LogP contribution >= 0.6 is 23.1 Å². The maximum Gasteiger partial charge on any atom is 0.305 e. The van der Waals surface area contributed by atoms with Gasteiger partial charge in [-0.2, -0.15) is 5.26 Å². The zero-order valence-electron chi connectivity index (χ0n) is 10.8. The SMILES string of the molecule is COc1ccc(C2c3sc(=O)[nH]c3SCC2C#N)cc1. The van der Waals surface area contributed by atoms with Crippen LogP contribution in [0.4, 0.5) is 0 Å². The Kier molecular flexibility index (Phi) is 3.55. The van der Waals surface area contributed by atoms with E-state index >= 15 is 0 Å². The molecule has 3 rings (SSSR count). The molecular formula is C14H12N2O2S2. The van der Waals surface area contributed by atoms with Gasteiger partial charge >= 0.3 is 4.87 Å². The third kappa shape index (κ3) is 2.23. The molecular weight excluding hydrogens is 292 g/mol. The minimum atomic E-state index is -0.118. The third-order valence-electron chi connectivity index (χ3n) is 3.37. The molecule has 0 radical (unpaired) electrons. The van der Waals surface area contributed by atoms with E-state index in [2.05, 4.69) is 11.1 Å². The summed E-state index contributed by atoms with van der Waals surface area (Å²) in [6.45, 7) is 0. The van der Waals surface area contributed by atoms with Crippen molar-refractivity contribution in [2.24, 2.45) is 5.92 Å². The number of benzene rings is 1. The van der Waals surface area contributed by atoms with Crippen LogP contribution in [0, 0.1) is 17.2 Å². The van der Waals surface area contributed by atoms with Crippen LogP contribution in [0.25, 0.3) is 0 Å². The number of thiazole rings is 1. The first-order chi connectivity index (χ1) is 9.72. The molecule has 20 heavy (non-hydrogen) atoms. The molecule has 2 heterocycles. The number of nitriles is 1. The number of nitrogens with one attached hydrogen (secondary N) is 1. The smallest absolute Gasteiger partial charge is 0.305 e. The van der Waals surface area contributed by atoms with Gasteiger partial charge in [0.1, 0.15) is 5.75 Å². The zero-order chi connectivity index (χ0) is 14.1. The molecule has 0 spiro atoms. The van der Waals surface area contributed by atoms with Crippen LogP contribution in [0.3, 0.4) is 0 Å². The van der Waals surface area contributed by atoms with Crippen molar-refractivity contribution in [3.8, 4) is 11.8 Å². The fourth-order valence-corrected chi connectivity index (χ4v) is 4.73. The molecule has 6 heteroatoms. The number of methoxy groups -OCH3 is 1. The topological polar surface area (TPSA) is 65.9 Å². The van der Waals surface area contributed by atoms with Crippen molar-refractivity contribution in [1.82, 2.24) is 4.98 Å². The molecule has 0 bridgehead atoms. The van der Waals surface area contributed by atoms with E-state index in [1.807, 2.05) is 24.3 Å². The van der Waals surface area contributed by atoms with Crippen molar-refractivity contribution in [1.29, 1.82) is 5.26 Å². The van der Waals surface area contributed by atoms with Crippen molar-refractivity contribution in [3.05, 3.63) is 44.4 Å². The second-order valence-electron chi connectivity index (χ2n) is 4.51. The Balaban J connectivity index is 2.08. The van der Waals surface area contributed by atoms with Gasteiger partial charge in [0.15, 0.2) is 0 Å². The lowest BCUT2D eigenvalue weighted by molar-refractivity contribution is 0.414. The molecule has 1 aliphatic heterocycles. The number of thioether (sulfide) groups is 1. The summed E-state index contributed by atoms with van der Waals surface area (Å²) < 4.78 is 5.16. The van der Waals surface area contributed by atoms with E-state index < -0.39 is 0 Å². The molecule has 0 fully saturated rings. The summed E-state index contributed by atoms with van der Waals surface area (Å²) >= 11 is 2.76. The largest absolute Gasteiger partial charge is 0.497 e. The summed E-state index contributed by atoms with van der Waals surface area (Å²) in [5.41, 5.74) is 1.05. The first-order valence-corrected chi connectivity index (χ1v) is 7.92. The number of aromatic amines is 1. The lowest BCUT2D eigenvalue weighted by Crippen LogP contribution is -2.18. The van der Waals surface area contributed by atoms with Crippen LogP contribution in [0.5, 0.6) is 5.75 Å². The summed E-state index contributed by atoms with van der Waals surface area (Å²) in [5.74, 6) is 1.33. The first kappa shape index (κ1) is 13.3. The Morgan fingerprint density at radius 2 is 2.15 bits per heavy atom. The lowest BCUT2D eigenvalue weighted by Gasteiger charge is -2.26. The van der Waals surface area contributed by atoms with E-state index in [0.29, 0.717) is 5.75 Å². The molecule has 1 N–H and O–H groups in total. The molecule has 1 aromatic carbocycles. The number of aromatic nitrogens is 1. The van der Waals surface area contributed by atoms with Gasteiger partial charge in [0.2, 0.25) is 0 Å². The van der Waals surface area contributed by atoms with Gasteiger partial charge in [-0.15, -0.1) is 11.8 Å². The Hall–Kier alpha value is -1.71. The van der Waals surface area contributed by atoms with Gasteiger partial charge < -0.3 is 9.72 Å². The van der Waals surface area contributed by atoms with Crippen LogP contribution in [-0.4, -0.2) is 17.8 Å². The van der Waals surface area contributed by atoms with Crippen LogP contribution in [-0.2, 0) is 0 Å². The Morgan fingerprint density at radius 3 is 2.80 bits per heavy atom. The monoisotopic (exact) mass is 304 g/mol. The molecule has 0 saturated heterocycles. The van der Waals surface area contributed by atoms with Crippen LogP contribution < -0.4 is 9.61 Å². The fraction of sp³-hybridized carbons (Fsp3) is 0.286. The summed E-state index contributed by atoms with van der Waals surface area (Å²) in [7, 11) is 1.63. The van der Waals surface area contributed by atoms with Crippen LogP contribution in [0.15, 0.2) is 34.1 Å². The predicted octanol–water partition coefficient (Wildman–Crippen LogP) is 2.82. The zero-order valence-corrected chi connectivity index (χ0v) is 12.4. The van der Waals surface area contributed by atoms with Crippen molar-refractivity contribution in [2.45, 2.75) is 10.9 Å². The van der Waals surface area contributed by atoms with Crippen molar-refractivity contribution < 1.29 is 4.74 Å². The molecule has 2 aromatic rings. The maximum absolute atomic E-state index is 11.6. The average molecular weight is 304 g/mol. The Bertz CT molecular complexity index is 712. The maximum atomic E-state index is 11.6. The lowest BCUT2D eigenvalue weighted by atomic mass is 9.86. The fourth-order valence-electron chi connectivity index (χ4n) is 2.40. The molecule has 0 saturated carbocycles. The molecule has 1 aliphatic rings. The molecule has 0 amide bonds. The number of hydrogen-bond acceptors (Lipinski definition) is 5. The number of H-pyrrole nitrogens is 1. The first-order valence-electron chi connectivity index (χ1n) is 6.12. The van der Waals surface area contributed by atoms with E-state index in [9.17, 15) is 10.1 Å². The van der Waals surface area contributed by atoms with E-state index in [1.54, 1.807) is 18.9 Å². The highest BCUT2D eigenvalue weighted by molar-refractivity contribution is 7.99.